The largest absolute Gasteiger partial charge is 0.444 e. The molecule has 0 saturated heterocycles. The molecule has 7 heteroatoms. The highest BCUT2D eigenvalue weighted by molar-refractivity contribution is 9.09. The molecule has 0 aliphatic carbocycles. The van der Waals surface area contributed by atoms with E-state index in [0.29, 0.717) is 18.4 Å². The maximum absolute atomic E-state index is 13.1. The van der Waals surface area contributed by atoms with Gasteiger partial charge in [-0.2, -0.15) is 0 Å². The van der Waals surface area contributed by atoms with Gasteiger partial charge in [-0.25, -0.2) is 4.79 Å². The molecule has 3 atom stereocenters. The molecule has 2 N–H and O–H groups in total. The van der Waals surface area contributed by atoms with Crippen LogP contribution in [0, 0.1) is 0 Å². The van der Waals surface area contributed by atoms with Crippen molar-refractivity contribution < 1.29 is 19.1 Å². The second-order valence-electron chi connectivity index (χ2n) is 8.66. The van der Waals surface area contributed by atoms with E-state index in [0.717, 1.165) is 11.1 Å². The minimum Gasteiger partial charge on any atom is -0.444 e. The van der Waals surface area contributed by atoms with Gasteiger partial charge in [0.05, 0.1) is 18.8 Å². The van der Waals surface area contributed by atoms with Crippen molar-refractivity contribution in [3.63, 3.8) is 0 Å². The molecule has 0 saturated carbocycles. The third kappa shape index (κ3) is 9.40. The lowest BCUT2D eigenvalue weighted by Gasteiger charge is -2.27. The van der Waals surface area contributed by atoms with E-state index in [4.69, 9.17) is 9.47 Å². The Balaban J connectivity index is 2.04. The van der Waals surface area contributed by atoms with Crippen LogP contribution in [0.4, 0.5) is 4.79 Å². The van der Waals surface area contributed by atoms with E-state index >= 15 is 0 Å². The molecule has 0 aliphatic rings. The van der Waals surface area contributed by atoms with Crippen molar-refractivity contribution in [3.05, 3.63) is 71.8 Å². The Morgan fingerprint density at radius 2 is 1.50 bits per heavy atom. The van der Waals surface area contributed by atoms with Crippen LogP contribution in [-0.4, -0.2) is 41.1 Å². The van der Waals surface area contributed by atoms with Gasteiger partial charge in [0.15, 0.2) is 0 Å². The Hall–Kier alpha value is -2.38. The lowest BCUT2D eigenvalue weighted by Crippen LogP contribution is -2.54. The predicted octanol–water partition coefficient (Wildman–Crippen LogP) is 4.61. The zero-order valence-electron chi connectivity index (χ0n) is 19.1. The molecule has 2 aromatic rings. The van der Waals surface area contributed by atoms with Gasteiger partial charge in [0, 0.05) is 11.8 Å². The lowest BCUT2D eigenvalue weighted by molar-refractivity contribution is -0.124. The molecule has 32 heavy (non-hydrogen) atoms. The van der Waals surface area contributed by atoms with Gasteiger partial charge in [0.25, 0.3) is 0 Å². The highest BCUT2D eigenvalue weighted by Gasteiger charge is 2.28. The van der Waals surface area contributed by atoms with Gasteiger partial charge >= 0.3 is 6.09 Å². The molecule has 0 bridgehead atoms. The number of rotatable bonds is 10. The molecule has 0 fully saturated rings. The number of halogens is 1. The quantitative estimate of drug-likeness (QED) is 0.463. The van der Waals surface area contributed by atoms with E-state index in [9.17, 15) is 9.59 Å². The molecular weight excluding hydrogens is 472 g/mol. The van der Waals surface area contributed by atoms with E-state index in [1.165, 1.54) is 0 Å². The fraction of sp³-hybridized carbons (Fsp3) is 0.440. The van der Waals surface area contributed by atoms with Crippen LogP contribution in [0.25, 0.3) is 0 Å². The number of ether oxygens (including phenoxy) is 2. The number of carbonyl (C=O) groups is 2. The number of alkyl carbamates (subject to hydrolysis) is 1. The van der Waals surface area contributed by atoms with Crippen LogP contribution in [-0.2, 0) is 27.3 Å². The summed E-state index contributed by atoms with van der Waals surface area (Å²) in [6, 6.07) is 18.4. The highest BCUT2D eigenvalue weighted by Crippen LogP contribution is 2.11. The molecule has 0 aromatic heterocycles. The Morgan fingerprint density at radius 3 is 2.03 bits per heavy atom. The van der Waals surface area contributed by atoms with Crippen molar-refractivity contribution in [1.82, 2.24) is 10.6 Å². The SMILES string of the molecule is C[C@@H](OCc1ccccc1)[C@@H](CBr)NC(=O)[C@H](Cc1ccccc1)NC(=O)OC(C)(C)C. The van der Waals surface area contributed by atoms with Crippen LogP contribution < -0.4 is 10.6 Å². The summed E-state index contributed by atoms with van der Waals surface area (Å²) in [5.41, 5.74) is 1.34. The van der Waals surface area contributed by atoms with Gasteiger partial charge in [0.2, 0.25) is 5.91 Å². The number of benzene rings is 2. The normalized spacial score (nSPS) is 14.2. The van der Waals surface area contributed by atoms with E-state index in [-0.39, 0.29) is 18.1 Å². The fourth-order valence-corrected chi connectivity index (χ4v) is 3.68. The number of hydrogen-bond donors (Lipinski definition) is 2. The standard InChI is InChI=1S/C25H33BrN2O4/c1-18(31-17-20-13-9-6-10-14-20)22(16-26)27-23(29)21(15-19-11-7-5-8-12-19)28-24(30)32-25(2,3)4/h5-14,18,21-22H,15-17H2,1-4H3,(H,27,29)(H,28,30)/t18-,21+,22-/m1/s1. The predicted molar refractivity (Wildman–Crippen MR) is 130 cm³/mol. The van der Waals surface area contributed by atoms with Gasteiger partial charge in [-0.15, -0.1) is 0 Å². The second kappa shape index (κ2) is 12.6. The number of hydrogen-bond acceptors (Lipinski definition) is 4. The molecule has 2 rings (SSSR count). The molecule has 2 aromatic carbocycles. The summed E-state index contributed by atoms with van der Waals surface area (Å²) in [5, 5.41) is 6.24. The summed E-state index contributed by atoms with van der Waals surface area (Å²) in [5.74, 6) is -0.292. The van der Waals surface area contributed by atoms with Crippen LogP contribution in [0.15, 0.2) is 60.7 Å². The van der Waals surface area contributed by atoms with Gasteiger partial charge in [-0.1, -0.05) is 76.6 Å². The zero-order chi connectivity index (χ0) is 23.6. The smallest absolute Gasteiger partial charge is 0.408 e. The summed E-state index contributed by atoms with van der Waals surface area (Å²) in [4.78, 5) is 25.5. The van der Waals surface area contributed by atoms with Crippen LogP contribution in [0.1, 0.15) is 38.8 Å². The zero-order valence-corrected chi connectivity index (χ0v) is 20.7. The van der Waals surface area contributed by atoms with Gasteiger partial charge < -0.3 is 20.1 Å². The fourth-order valence-electron chi connectivity index (χ4n) is 2.99. The van der Waals surface area contributed by atoms with Crippen molar-refractivity contribution in [2.24, 2.45) is 0 Å². The Morgan fingerprint density at radius 1 is 0.938 bits per heavy atom. The molecule has 6 nitrogen and oxygen atoms in total. The summed E-state index contributed by atoms with van der Waals surface area (Å²) in [6.45, 7) is 7.72. The lowest BCUT2D eigenvalue weighted by atomic mass is 10.0. The average molecular weight is 505 g/mol. The third-order valence-corrected chi connectivity index (χ3v) is 5.40. The molecule has 174 valence electrons. The van der Waals surface area contributed by atoms with Crippen molar-refractivity contribution >= 4 is 27.9 Å². The van der Waals surface area contributed by atoms with Crippen LogP contribution in [0.2, 0.25) is 0 Å². The minimum absolute atomic E-state index is 0.238. The molecule has 0 aliphatic heterocycles. The van der Waals surface area contributed by atoms with Gasteiger partial charge in [-0.05, 0) is 38.8 Å². The van der Waals surface area contributed by atoms with Crippen molar-refractivity contribution in [1.29, 1.82) is 0 Å². The van der Waals surface area contributed by atoms with E-state index in [1.54, 1.807) is 20.8 Å². The average Bonchev–Trinajstić information content (AvgIpc) is 2.75. The first-order chi connectivity index (χ1) is 15.2. The second-order valence-corrected chi connectivity index (χ2v) is 9.31. The summed E-state index contributed by atoms with van der Waals surface area (Å²) in [7, 11) is 0. The number of alkyl halides is 1. The maximum atomic E-state index is 13.1. The van der Waals surface area contributed by atoms with Crippen LogP contribution in [0.3, 0.4) is 0 Å². The maximum Gasteiger partial charge on any atom is 0.408 e. The first kappa shape index (κ1) is 25.9. The Kier molecular flexibility index (Phi) is 10.2. The Labute approximate surface area is 199 Å². The van der Waals surface area contributed by atoms with Gasteiger partial charge in [0.1, 0.15) is 11.6 Å². The van der Waals surface area contributed by atoms with Crippen molar-refractivity contribution in [3.8, 4) is 0 Å². The van der Waals surface area contributed by atoms with E-state index in [1.807, 2.05) is 67.6 Å². The van der Waals surface area contributed by atoms with E-state index < -0.39 is 17.7 Å². The topological polar surface area (TPSA) is 76.7 Å². The summed E-state index contributed by atoms with van der Waals surface area (Å²) in [6.07, 6.45) is -0.519. The first-order valence-corrected chi connectivity index (χ1v) is 11.9. The first-order valence-electron chi connectivity index (χ1n) is 10.7. The number of carbonyl (C=O) groups excluding carboxylic acids is 2. The number of amides is 2. The Bertz CT molecular complexity index is 840. The van der Waals surface area contributed by atoms with Crippen molar-refractivity contribution in [2.75, 3.05) is 5.33 Å². The molecule has 0 spiro atoms. The van der Waals surface area contributed by atoms with Gasteiger partial charge in [-0.3, -0.25) is 4.79 Å². The third-order valence-electron chi connectivity index (χ3n) is 4.71. The number of nitrogens with one attached hydrogen (secondary N) is 2. The molecule has 2 amide bonds. The summed E-state index contributed by atoms with van der Waals surface area (Å²) < 4.78 is 11.3. The van der Waals surface area contributed by atoms with Crippen molar-refractivity contribution in [2.45, 2.75) is 64.5 Å². The van der Waals surface area contributed by atoms with E-state index in [2.05, 4.69) is 26.6 Å². The van der Waals surface area contributed by atoms with Crippen LogP contribution in [0.5, 0.6) is 0 Å². The minimum atomic E-state index is -0.782. The monoisotopic (exact) mass is 504 g/mol. The molecule has 0 radical (unpaired) electrons. The molecular formula is C25H33BrN2O4. The molecule has 0 unspecified atom stereocenters. The highest BCUT2D eigenvalue weighted by atomic mass is 79.9. The summed E-state index contributed by atoms with van der Waals surface area (Å²) >= 11 is 3.47. The van der Waals surface area contributed by atoms with Crippen LogP contribution >= 0.6 is 15.9 Å². The molecule has 0 heterocycles.